The minimum atomic E-state index is -3.10. The van der Waals surface area contributed by atoms with Crippen molar-refractivity contribution in [3.05, 3.63) is 70.2 Å². The molecular weight excluding hydrogens is 553 g/mol. The Morgan fingerprint density at radius 3 is 2.77 bits per heavy atom. The predicted octanol–water partition coefficient (Wildman–Crippen LogP) is 6.05. The highest BCUT2D eigenvalue weighted by Crippen LogP contribution is 2.45. The van der Waals surface area contributed by atoms with E-state index in [9.17, 15) is 18.3 Å². The van der Waals surface area contributed by atoms with Crippen LogP contribution in [0.3, 0.4) is 0 Å². The molecule has 0 radical (unpaired) electrons. The van der Waals surface area contributed by atoms with Crippen molar-refractivity contribution in [2.75, 3.05) is 24.4 Å². The lowest BCUT2D eigenvalue weighted by Crippen LogP contribution is -2.09. The molecule has 3 aromatic rings. The number of sulfone groups is 1. The number of hydrogen-bond donors (Lipinski definition) is 1. The van der Waals surface area contributed by atoms with Crippen molar-refractivity contribution in [1.29, 1.82) is 0 Å². The van der Waals surface area contributed by atoms with Gasteiger partial charge in [-0.2, -0.15) is 0 Å². The maximum absolute atomic E-state index is 15.4. The van der Waals surface area contributed by atoms with Crippen LogP contribution in [0.2, 0.25) is 0 Å². The van der Waals surface area contributed by atoms with Crippen molar-refractivity contribution < 1.29 is 32.2 Å². The van der Waals surface area contributed by atoms with Gasteiger partial charge in [-0.15, -0.1) is 11.8 Å². The lowest BCUT2D eigenvalue weighted by atomic mass is 9.90. The van der Waals surface area contributed by atoms with Gasteiger partial charge in [-0.25, -0.2) is 17.8 Å². The summed E-state index contributed by atoms with van der Waals surface area (Å²) in [5.74, 6) is 0.0779. The van der Waals surface area contributed by atoms with E-state index in [4.69, 9.17) is 9.47 Å². The van der Waals surface area contributed by atoms with Crippen LogP contribution in [0, 0.1) is 19.7 Å². The van der Waals surface area contributed by atoms with Gasteiger partial charge in [-0.1, -0.05) is 18.2 Å². The van der Waals surface area contributed by atoms with Gasteiger partial charge in [0, 0.05) is 35.1 Å². The number of rotatable bonds is 10. The molecule has 0 amide bonds. The first-order valence-corrected chi connectivity index (χ1v) is 16.3. The molecule has 0 saturated heterocycles. The second kappa shape index (κ2) is 11.4. The van der Waals surface area contributed by atoms with E-state index in [1.165, 1.54) is 6.26 Å². The van der Waals surface area contributed by atoms with Gasteiger partial charge in [0.1, 0.15) is 15.9 Å². The maximum atomic E-state index is 15.4. The molecule has 0 saturated carbocycles. The van der Waals surface area contributed by atoms with E-state index in [2.05, 4.69) is 4.98 Å². The molecule has 212 valence electrons. The summed E-state index contributed by atoms with van der Waals surface area (Å²) in [4.78, 5) is 16.7. The first-order chi connectivity index (χ1) is 19.0. The number of halogens is 1. The fraction of sp³-hybridized carbons (Fsp3) is 0.400. The molecule has 1 aromatic heterocycles. The lowest BCUT2D eigenvalue weighted by molar-refractivity contribution is -0.137. The Kier molecular flexibility index (Phi) is 8.10. The van der Waals surface area contributed by atoms with Gasteiger partial charge in [0.15, 0.2) is 11.6 Å². The number of ether oxygens (including phenoxy) is 2. The number of aryl methyl sites for hydroxylation is 1. The summed E-state index contributed by atoms with van der Waals surface area (Å²) in [7, 11) is -3.10. The number of carbonyl (C=O) groups is 1. The third-order valence-electron chi connectivity index (χ3n) is 7.50. The summed E-state index contributed by atoms with van der Waals surface area (Å²) >= 11 is 1.63. The summed E-state index contributed by atoms with van der Waals surface area (Å²) < 4.78 is 50.1. The summed E-state index contributed by atoms with van der Waals surface area (Å²) in [6.07, 6.45) is 4.66. The van der Waals surface area contributed by atoms with Crippen LogP contribution in [-0.4, -0.2) is 48.8 Å². The Labute approximate surface area is 238 Å². The van der Waals surface area contributed by atoms with Gasteiger partial charge in [0.25, 0.3) is 0 Å². The number of aliphatic carboxylic acids is 1. The second-order valence-electron chi connectivity index (χ2n) is 10.5. The van der Waals surface area contributed by atoms with Gasteiger partial charge in [-0.05, 0) is 78.1 Å². The Morgan fingerprint density at radius 1 is 1.23 bits per heavy atom. The Balaban J connectivity index is 1.36. The van der Waals surface area contributed by atoms with Gasteiger partial charge < -0.3 is 14.6 Å². The van der Waals surface area contributed by atoms with Crippen LogP contribution in [0.4, 0.5) is 4.39 Å². The first kappa shape index (κ1) is 28.4. The fourth-order valence-electron chi connectivity index (χ4n) is 5.65. The summed E-state index contributed by atoms with van der Waals surface area (Å²) in [5.41, 5.74) is 6.30. The molecule has 0 spiro atoms. The smallest absolute Gasteiger partial charge is 0.303 e. The third kappa shape index (κ3) is 5.98. The number of pyridine rings is 1. The largest absolute Gasteiger partial charge is 0.490 e. The molecule has 2 aromatic carbocycles. The van der Waals surface area contributed by atoms with E-state index in [0.29, 0.717) is 17.9 Å². The SMILES string of the molecule is Cc1cc(OCCCS(C)(=O)=O)c(F)c(C)c1-c1cccc2c1CCC2Oc1cc2c(cn1)[C@H](CC(=O)O)CS2. The summed E-state index contributed by atoms with van der Waals surface area (Å²) in [6.45, 7) is 3.79. The van der Waals surface area contributed by atoms with Gasteiger partial charge >= 0.3 is 5.97 Å². The number of hydrogen-bond acceptors (Lipinski definition) is 7. The van der Waals surface area contributed by atoms with Gasteiger partial charge in [0.2, 0.25) is 5.88 Å². The number of nitrogens with zero attached hydrogens (tertiary/aromatic N) is 1. The highest BCUT2D eigenvalue weighted by molar-refractivity contribution is 7.99. The van der Waals surface area contributed by atoms with Crippen LogP contribution in [0.5, 0.6) is 11.6 Å². The molecule has 1 aliphatic carbocycles. The van der Waals surface area contributed by atoms with Crippen LogP contribution in [-0.2, 0) is 21.1 Å². The number of carboxylic acid groups (broad SMARTS) is 1. The van der Waals surface area contributed by atoms with Crippen LogP contribution in [0.15, 0.2) is 41.4 Å². The molecule has 1 unspecified atom stereocenters. The zero-order valence-corrected chi connectivity index (χ0v) is 24.3. The van der Waals surface area contributed by atoms with Gasteiger partial charge in [-0.3, -0.25) is 4.79 Å². The Hall–Kier alpha value is -3.11. The highest BCUT2D eigenvalue weighted by Gasteiger charge is 2.30. The monoisotopic (exact) mass is 585 g/mol. The average molecular weight is 586 g/mol. The number of thioether (sulfide) groups is 1. The topological polar surface area (TPSA) is 103 Å². The molecule has 40 heavy (non-hydrogen) atoms. The number of fused-ring (bicyclic) bond motifs is 2. The molecule has 5 rings (SSSR count). The second-order valence-corrected chi connectivity index (χ2v) is 13.8. The first-order valence-electron chi connectivity index (χ1n) is 13.3. The fourth-order valence-corrected chi connectivity index (χ4v) is 7.54. The number of carboxylic acids is 1. The van der Waals surface area contributed by atoms with E-state index in [1.54, 1.807) is 30.9 Å². The maximum Gasteiger partial charge on any atom is 0.303 e. The minimum Gasteiger partial charge on any atom is -0.490 e. The molecule has 2 atom stereocenters. The van der Waals surface area contributed by atoms with E-state index >= 15 is 4.39 Å². The quantitative estimate of drug-likeness (QED) is 0.287. The van der Waals surface area contributed by atoms with Crippen molar-refractivity contribution in [2.45, 2.75) is 56.4 Å². The molecule has 2 heterocycles. The number of benzene rings is 2. The minimum absolute atomic E-state index is 0.00485. The molecule has 0 bridgehead atoms. The predicted molar refractivity (Wildman–Crippen MR) is 153 cm³/mol. The number of aromatic nitrogens is 1. The van der Waals surface area contributed by atoms with E-state index < -0.39 is 21.6 Å². The lowest BCUT2D eigenvalue weighted by Gasteiger charge is -2.19. The summed E-state index contributed by atoms with van der Waals surface area (Å²) in [5, 5.41) is 9.17. The normalized spacial score (nSPS) is 17.9. The molecule has 10 heteroatoms. The van der Waals surface area contributed by atoms with Gasteiger partial charge in [0.05, 0.1) is 18.8 Å². The zero-order valence-electron chi connectivity index (χ0n) is 22.7. The molecular formula is C30H32FNO6S2. The van der Waals surface area contributed by atoms with Crippen LogP contribution >= 0.6 is 11.8 Å². The molecule has 7 nitrogen and oxygen atoms in total. The van der Waals surface area contributed by atoms with Crippen LogP contribution in [0.1, 0.15) is 59.1 Å². The third-order valence-corrected chi connectivity index (χ3v) is 9.76. The zero-order chi connectivity index (χ0) is 28.6. The van der Waals surface area contributed by atoms with E-state index in [1.807, 2.05) is 31.2 Å². The van der Waals surface area contributed by atoms with Crippen molar-refractivity contribution in [3.63, 3.8) is 0 Å². The van der Waals surface area contributed by atoms with Crippen molar-refractivity contribution in [1.82, 2.24) is 4.98 Å². The molecule has 2 aliphatic rings. The molecule has 1 aliphatic heterocycles. The average Bonchev–Trinajstić information content (AvgIpc) is 3.48. The Bertz CT molecular complexity index is 1570. The molecule has 1 N–H and O–H groups in total. The van der Waals surface area contributed by atoms with Crippen molar-refractivity contribution >= 4 is 27.6 Å². The Morgan fingerprint density at radius 2 is 2.02 bits per heavy atom. The van der Waals surface area contributed by atoms with Crippen molar-refractivity contribution in [3.8, 4) is 22.8 Å². The van der Waals surface area contributed by atoms with E-state index in [-0.39, 0.29) is 36.6 Å². The van der Waals surface area contributed by atoms with Crippen LogP contribution < -0.4 is 9.47 Å². The molecule has 0 fully saturated rings. The summed E-state index contributed by atoms with van der Waals surface area (Å²) in [6, 6.07) is 9.61. The van der Waals surface area contributed by atoms with Crippen molar-refractivity contribution in [2.24, 2.45) is 0 Å². The van der Waals surface area contributed by atoms with E-state index in [0.717, 1.165) is 56.9 Å². The standard InChI is InChI=1S/C30H32FNO6S2/c1-17-12-25(37-10-5-11-40(3,35)36)30(31)18(2)29(17)22-7-4-6-21-20(22)8-9-24(21)38-27-14-26-23(15-32-27)19(16-39-26)13-28(33)34/h4,6-7,12,14-15,19,24H,5,8-11,13,16H2,1-3H3,(H,33,34)/t19-,24?/m1/s1. The van der Waals surface area contributed by atoms with Crippen LogP contribution in [0.25, 0.3) is 11.1 Å². The highest BCUT2D eigenvalue weighted by atomic mass is 32.2.